The molecule has 9 heteroatoms. The molecule has 2 heterocycles. The number of piperazine rings is 1. The van der Waals surface area contributed by atoms with Crippen LogP contribution in [0.3, 0.4) is 0 Å². The molecule has 0 spiro atoms. The summed E-state index contributed by atoms with van der Waals surface area (Å²) >= 11 is 0. The van der Waals surface area contributed by atoms with E-state index in [1.807, 2.05) is 0 Å². The minimum absolute atomic E-state index is 0.0150. The quantitative estimate of drug-likeness (QED) is 0.652. The number of carbonyl (C=O) groups is 2. The summed E-state index contributed by atoms with van der Waals surface area (Å²) in [6.45, 7) is 4.85. The topological polar surface area (TPSA) is 73.9 Å². The molecule has 7 nitrogen and oxygen atoms in total. The van der Waals surface area contributed by atoms with Crippen molar-refractivity contribution in [2.75, 3.05) is 39.9 Å². The van der Waals surface area contributed by atoms with Gasteiger partial charge in [0.1, 0.15) is 19.0 Å². The van der Waals surface area contributed by atoms with Crippen LogP contribution in [0.5, 0.6) is 0 Å². The van der Waals surface area contributed by atoms with Gasteiger partial charge < -0.3 is 20.3 Å². The lowest BCUT2D eigenvalue weighted by molar-refractivity contribution is -0.137. The minimum atomic E-state index is -0.957. The van der Waals surface area contributed by atoms with E-state index in [1.165, 1.54) is 7.11 Å². The number of hydrogen-bond acceptors (Lipinski definition) is 5. The Morgan fingerprint density at radius 3 is 2.50 bits per heavy atom. The molecule has 32 heavy (non-hydrogen) atoms. The number of amides is 2. The van der Waals surface area contributed by atoms with Crippen molar-refractivity contribution < 1.29 is 23.1 Å². The first kappa shape index (κ1) is 23.8. The molecule has 2 amide bonds. The lowest BCUT2D eigenvalue weighted by atomic mass is 9.77. The van der Waals surface area contributed by atoms with Crippen LogP contribution in [0.4, 0.5) is 8.78 Å². The van der Waals surface area contributed by atoms with Crippen LogP contribution in [-0.4, -0.2) is 98.0 Å². The van der Waals surface area contributed by atoms with Crippen molar-refractivity contribution in [2.24, 2.45) is 11.8 Å². The number of alkyl halides is 2. The van der Waals surface area contributed by atoms with E-state index in [0.717, 1.165) is 6.42 Å². The first-order chi connectivity index (χ1) is 15.4. The molecule has 2 N–H and O–H groups in total. The van der Waals surface area contributed by atoms with E-state index < -0.39 is 18.4 Å². The van der Waals surface area contributed by atoms with Crippen LogP contribution in [-0.2, 0) is 14.3 Å². The fourth-order valence-corrected chi connectivity index (χ4v) is 6.29. The lowest BCUT2D eigenvalue weighted by Gasteiger charge is -2.43. The van der Waals surface area contributed by atoms with Gasteiger partial charge in [0.15, 0.2) is 0 Å². The summed E-state index contributed by atoms with van der Waals surface area (Å²) in [5, 5.41) is 6.44. The number of ether oxygens (including phenoxy) is 1. The van der Waals surface area contributed by atoms with Crippen LogP contribution in [0.25, 0.3) is 0 Å². The zero-order valence-corrected chi connectivity index (χ0v) is 19.3. The van der Waals surface area contributed by atoms with Gasteiger partial charge in [-0.2, -0.15) is 0 Å². The number of methoxy groups -OCH3 is 1. The Labute approximate surface area is 189 Å². The number of nitrogens with zero attached hydrogens (tertiary/aromatic N) is 2. The van der Waals surface area contributed by atoms with Crippen molar-refractivity contribution in [3.05, 3.63) is 0 Å². The summed E-state index contributed by atoms with van der Waals surface area (Å²) in [7, 11) is 1.51. The molecule has 0 radical (unpaired) electrons. The predicted molar refractivity (Wildman–Crippen MR) is 117 cm³/mol. The summed E-state index contributed by atoms with van der Waals surface area (Å²) in [4.78, 5) is 29.0. The Hall–Kier alpha value is -1.32. The second-order valence-corrected chi connectivity index (χ2v) is 10.2. The number of hydrogen-bond donors (Lipinski definition) is 2. The van der Waals surface area contributed by atoms with E-state index in [0.29, 0.717) is 64.2 Å². The Morgan fingerprint density at radius 2 is 1.81 bits per heavy atom. The van der Waals surface area contributed by atoms with E-state index >= 15 is 0 Å². The average molecular weight is 457 g/mol. The van der Waals surface area contributed by atoms with Gasteiger partial charge >= 0.3 is 0 Å². The summed E-state index contributed by atoms with van der Waals surface area (Å²) in [5.74, 6) is 0.138. The number of rotatable bonds is 5. The maximum Gasteiger partial charge on any atom is 0.248 e. The molecule has 182 valence electrons. The standard InChI is InChI=1S/C23H38F2N4O3/c1-14-3-4-19(25)18-12-20(27-22(14)18)23(31)26-16-9-15(24)10-17(11-16)28-5-7-29(8-6-28)21(30)13-32-2/h14-20,22,27H,3-13H2,1-2H3,(H,26,31). The third-order valence-electron chi connectivity index (χ3n) is 8.08. The molecule has 0 bridgehead atoms. The maximum absolute atomic E-state index is 14.6. The van der Waals surface area contributed by atoms with Gasteiger partial charge in [0.2, 0.25) is 11.8 Å². The highest BCUT2D eigenvalue weighted by Crippen LogP contribution is 2.38. The molecule has 0 aromatic heterocycles. The Bertz CT molecular complexity index is 658. The van der Waals surface area contributed by atoms with Crippen LogP contribution >= 0.6 is 0 Å². The van der Waals surface area contributed by atoms with Crippen molar-refractivity contribution in [1.29, 1.82) is 0 Å². The van der Waals surface area contributed by atoms with Crippen LogP contribution in [0, 0.1) is 11.8 Å². The van der Waals surface area contributed by atoms with Gasteiger partial charge in [-0.3, -0.25) is 14.5 Å². The van der Waals surface area contributed by atoms with Crippen LogP contribution in [0.2, 0.25) is 0 Å². The largest absolute Gasteiger partial charge is 0.375 e. The Kier molecular flexibility index (Phi) is 7.67. The molecule has 2 saturated carbocycles. The summed E-state index contributed by atoms with van der Waals surface area (Å²) in [6, 6.07) is -0.497. The Balaban J connectivity index is 1.28. The summed E-state index contributed by atoms with van der Waals surface area (Å²) in [6.07, 6.45) is 1.65. The molecular weight excluding hydrogens is 418 g/mol. The molecular formula is C23H38F2N4O3. The zero-order chi connectivity index (χ0) is 22.8. The van der Waals surface area contributed by atoms with Crippen molar-refractivity contribution in [1.82, 2.24) is 20.4 Å². The van der Waals surface area contributed by atoms with Crippen LogP contribution in [0.15, 0.2) is 0 Å². The molecule has 2 aliphatic carbocycles. The summed E-state index contributed by atoms with van der Waals surface area (Å²) in [5.41, 5.74) is 0. The van der Waals surface area contributed by atoms with Crippen LogP contribution < -0.4 is 10.6 Å². The fourth-order valence-electron chi connectivity index (χ4n) is 6.29. The molecule has 8 atom stereocenters. The number of carbonyl (C=O) groups excluding carboxylic acids is 2. The van der Waals surface area contributed by atoms with Crippen molar-refractivity contribution >= 4 is 11.8 Å². The van der Waals surface area contributed by atoms with E-state index in [2.05, 4.69) is 22.5 Å². The van der Waals surface area contributed by atoms with E-state index in [9.17, 15) is 18.4 Å². The number of fused-ring (bicyclic) bond motifs is 1. The van der Waals surface area contributed by atoms with Gasteiger partial charge in [-0.1, -0.05) is 6.92 Å². The molecule has 4 rings (SSSR count). The average Bonchev–Trinajstić information content (AvgIpc) is 3.23. The highest BCUT2D eigenvalue weighted by molar-refractivity contribution is 5.82. The predicted octanol–water partition coefficient (Wildman–Crippen LogP) is 1.27. The third-order valence-corrected chi connectivity index (χ3v) is 8.08. The molecule has 2 aliphatic heterocycles. The first-order valence-electron chi connectivity index (χ1n) is 12.2. The molecule has 4 fully saturated rings. The smallest absolute Gasteiger partial charge is 0.248 e. The van der Waals surface area contributed by atoms with E-state index in [1.54, 1.807) is 4.90 Å². The van der Waals surface area contributed by atoms with Crippen LogP contribution in [0.1, 0.15) is 45.4 Å². The lowest BCUT2D eigenvalue weighted by Crippen LogP contribution is -2.57. The van der Waals surface area contributed by atoms with Gasteiger partial charge in [-0.15, -0.1) is 0 Å². The minimum Gasteiger partial charge on any atom is -0.375 e. The molecule has 4 aliphatic rings. The third kappa shape index (κ3) is 5.25. The highest BCUT2D eigenvalue weighted by atomic mass is 19.1. The second kappa shape index (κ2) is 10.3. The molecule has 8 unspecified atom stereocenters. The van der Waals surface area contributed by atoms with Crippen molar-refractivity contribution in [3.8, 4) is 0 Å². The normalized spacial score (nSPS) is 40.7. The van der Waals surface area contributed by atoms with E-state index in [4.69, 9.17) is 4.74 Å². The monoisotopic (exact) mass is 456 g/mol. The number of nitrogens with one attached hydrogen (secondary N) is 2. The maximum atomic E-state index is 14.6. The fraction of sp³-hybridized carbons (Fsp3) is 0.913. The van der Waals surface area contributed by atoms with Gasteiger partial charge in [-0.05, 0) is 44.4 Å². The first-order valence-corrected chi connectivity index (χ1v) is 12.2. The van der Waals surface area contributed by atoms with Crippen molar-refractivity contribution in [2.45, 2.75) is 82.0 Å². The highest BCUT2D eigenvalue weighted by Gasteiger charge is 2.46. The van der Waals surface area contributed by atoms with Gasteiger partial charge in [0, 0.05) is 57.3 Å². The zero-order valence-electron chi connectivity index (χ0n) is 19.3. The molecule has 0 aromatic rings. The van der Waals surface area contributed by atoms with Gasteiger partial charge in [0.25, 0.3) is 0 Å². The van der Waals surface area contributed by atoms with E-state index in [-0.39, 0.29) is 42.5 Å². The van der Waals surface area contributed by atoms with Crippen molar-refractivity contribution in [3.63, 3.8) is 0 Å². The summed E-state index contributed by atoms with van der Waals surface area (Å²) < 4.78 is 33.9. The Morgan fingerprint density at radius 1 is 1.06 bits per heavy atom. The molecule has 0 aromatic carbocycles. The SMILES string of the molecule is COCC(=O)N1CCN(C2CC(F)CC(NC(=O)C3CC4C(F)CCC(C)C4N3)C2)CC1. The van der Waals surface area contributed by atoms with Gasteiger partial charge in [0.05, 0.1) is 6.04 Å². The second-order valence-electron chi connectivity index (χ2n) is 10.2. The number of halogens is 2. The molecule has 2 saturated heterocycles. The van der Waals surface area contributed by atoms with Gasteiger partial charge in [-0.25, -0.2) is 8.78 Å².